The number of amides is 2. The van der Waals surface area contributed by atoms with Gasteiger partial charge in [-0.25, -0.2) is 8.42 Å². The van der Waals surface area contributed by atoms with Crippen LogP contribution in [0, 0.1) is 13.8 Å². The fourth-order valence-corrected chi connectivity index (χ4v) is 4.00. The minimum Gasteiger partial charge on any atom is -0.399 e. The van der Waals surface area contributed by atoms with Gasteiger partial charge in [0.15, 0.2) is 0 Å². The van der Waals surface area contributed by atoms with E-state index in [-0.39, 0.29) is 9.79 Å². The summed E-state index contributed by atoms with van der Waals surface area (Å²) in [4.78, 5) is 21.7. The summed E-state index contributed by atoms with van der Waals surface area (Å²) in [7, 11) is -3.53. The van der Waals surface area contributed by atoms with Crippen LogP contribution in [0.1, 0.15) is 31.8 Å². The molecule has 0 spiro atoms. The zero-order valence-corrected chi connectivity index (χ0v) is 17.9. The van der Waals surface area contributed by atoms with Crippen LogP contribution in [0.5, 0.6) is 0 Å². The van der Waals surface area contributed by atoms with Gasteiger partial charge in [0.05, 0.1) is 9.79 Å². The van der Waals surface area contributed by atoms with Crippen LogP contribution in [-0.2, 0) is 9.84 Å². The number of sulfone groups is 1. The van der Waals surface area contributed by atoms with Crippen molar-refractivity contribution in [3.05, 3.63) is 82.9 Å². The Balaban J connectivity index is 0.000000245. The van der Waals surface area contributed by atoms with Crippen molar-refractivity contribution in [1.29, 1.82) is 0 Å². The minimum absolute atomic E-state index is 0.239. The van der Waals surface area contributed by atoms with Crippen LogP contribution in [0.25, 0.3) is 0 Å². The average Bonchev–Trinajstić information content (AvgIpc) is 2.72. The molecule has 0 heterocycles. The molecule has 0 saturated carbocycles. The molecule has 3 aromatic rings. The third-order valence-corrected chi connectivity index (χ3v) is 6.31. The van der Waals surface area contributed by atoms with E-state index in [2.05, 4.69) is 0 Å². The van der Waals surface area contributed by atoms with Crippen molar-refractivity contribution in [3.63, 3.8) is 0 Å². The first-order valence-electron chi connectivity index (χ1n) is 9.10. The molecule has 8 nitrogen and oxygen atoms in total. The van der Waals surface area contributed by atoms with Crippen molar-refractivity contribution in [2.75, 3.05) is 11.5 Å². The molecular weight excluding hydrogens is 416 g/mol. The van der Waals surface area contributed by atoms with Gasteiger partial charge in [-0.15, -0.1) is 0 Å². The van der Waals surface area contributed by atoms with Gasteiger partial charge in [0, 0.05) is 22.5 Å². The second kappa shape index (κ2) is 9.31. The van der Waals surface area contributed by atoms with Crippen LogP contribution in [0.4, 0.5) is 11.4 Å². The molecular formula is C22H24N4O4S. The van der Waals surface area contributed by atoms with Crippen molar-refractivity contribution >= 4 is 33.0 Å². The summed E-state index contributed by atoms with van der Waals surface area (Å²) >= 11 is 0. The van der Waals surface area contributed by atoms with E-state index in [0.717, 1.165) is 11.1 Å². The van der Waals surface area contributed by atoms with E-state index >= 15 is 0 Å². The number of nitrogen functional groups attached to an aromatic ring is 2. The Bertz CT molecular complexity index is 1150. The topological polar surface area (TPSA) is 172 Å². The second-order valence-electron chi connectivity index (χ2n) is 6.85. The van der Waals surface area contributed by atoms with Crippen LogP contribution in [0.3, 0.4) is 0 Å². The fourth-order valence-electron chi connectivity index (χ4n) is 2.57. The van der Waals surface area contributed by atoms with Gasteiger partial charge in [-0.2, -0.15) is 0 Å². The Morgan fingerprint density at radius 2 is 0.968 bits per heavy atom. The highest BCUT2D eigenvalue weighted by Crippen LogP contribution is 2.26. The van der Waals surface area contributed by atoms with Gasteiger partial charge < -0.3 is 22.9 Å². The first kappa shape index (κ1) is 23.4. The summed E-state index contributed by atoms with van der Waals surface area (Å²) in [6.45, 7) is 3.56. The molecule has 0 aromatic heterocycles. The number of carbonyl (C=O) groups is 2. The first-order chi connectivity index (χ1) is 14.4. The van der Waals surface area contributed by atoms with Gasteiger partial charge in [-0.1, -0.05) is 0 Å². The molecule has 8 N–H and O–H groups in total. The molecule has 0 bridgehead atoms. The maximum absolute atomic E-state index is 12.5. The lowest BCUT2D eigenvalue weighted by Gasteiger charge is -2.09. The van der Waals surface area contributed by atoms with Gasteiger partial charge in [-0.3, -0.25) is 9.59 Å². The fraction of sp³-hybridized carbons (Fsp3) is 0.0909. The Labute approximate surface area is 180 Å². The first-order valence-corrected chi connectivity index (χ1v) is 10.6. The average molecular weight is 441 g/mol. The summed E-state index contributed by atoms with van der Waals surface area (Å²) in [6, 6.07) is 15.2. The standard InChI is InChI=1S/C14H16N2O2S.C8H8N2O2/c1-9-7-11(3-5-13(9)15)19(17,18)12-4-6-14(16)10(2)8-12;9-7(11)5-1-2-6(4-3-5)8(10)12/h3-8H,15-16H2,1-2H3;1-4H,(H2,9,11)(H2,10,12). The number of aryl methyl sites for hydroxylation is 2. The molecule has 2 amide bonds. The predicted molar refractivity (Wildman–Crippen MR) is 120 cm³/mol. The molecule has 0 unspecified atom stereocenters. The monoisotopic (exact) mass is 440 g/mol. The number of benzene rings is 3. The van der Waals surface area contributed by atoms with Crippen LogP contribution < -0.4 is 22.9 Å². The number of hydrogen-bond donors (Lipinski definition) is 4. The maximum Gasteiger partial charge on any atom is 0.248 e. The number of rotatable bonds is 4. The molecule has 3 rings (SSSR count). The minimum atomic E-state index is -3.53. The SMILES string of the molecule is Cc1cc(S(=O)(=O)c2ccc(N)c(C)c2)ccc1N.NC(=O)c1ccc(C(N)=O)cc1. The quantitative estimate of drug-likeness (QED) is 0.453. The van der Waals surface area contributed by atoms with Gasteiger partial charge in [-0.05, 0) is 85.6 Å². The predicted octanol–water partition coefficient (Wildman–Crippen LogP) is 2.19. The molecule has 162 valence electrons. The van der Waals surface area contributed by atoms with E-state index in [0.29, 0.717) is 22.5 Å². The van der Waals surface area contributed by atoms with Gasteiger partial charge in [0.1, 0.15) is 0 Å². The van der Waals surface area contributed by atoms with E-state index < -0.39 is 21.7 Å². The van der Waals surface area contributed by atoms with Crippen LogP contribution in [0.2, 0.25) is 0 Å². The number of anilines is 2. The van der Waals surface area contributed by atoms with Crippen molar-refractivity contribution in [3.8, 4) is 0 Å². The lowest BCUT2D eigenvalue weighted by molar-refractivity contribution is 0.0988. The van der Waals surface area contributed by atoms with Crippen molar-refractivity contribution in [2.45, 2.75) is 23.6 Å². The summed E-state index contributed by atoms with van der Waals surface area (Å²) in [5.74, 6) is -1.04. The molecule has 0 fully saturated rings. The highest BCUT2D eigenvalue weighted by atomic mass is 32.2. The van der Waals surface area contributed by atoms with E-state index in [1.807, 2.05) is 0 Å². The maximum atomic E-state index is 12.5. The zero-order valence-electron chi connectivity index (χ0n) is 17.1. The Kier molecular flexibility index (Phi) is 7.04. The van der Waals surface area contributed by atoms with Gasteiger partial charge in [0.25, 0.3) is 0 Å². The number of hydrogen-bond acceptors (Lipinski definition) is 6. The largest absolute Gasteiger partial charge is 0.399 e. The summed E-state index contributed by atoms with van der Waals surface area (Å²) in [5.41, 5.74) is 24.7. The molecule has 9 heteroatoms. The Morgan fingerprint density at radius 3 is 1.23 bits per heavy atom. The number of primary amides is 2. The highest BCUT2D eigenvalue weighted by Gasteiger charge is 2.18. The van der Waals surface area contributed by atoms with E-state index in [4.69, 9.17) is 22.9 Å². The highest BCUT2D eigenvalue weighted by molar-refractivity contribution is 7.91. The second-order valence-corrected chi connectivity index (χ2v) is 8.80. The smallest absolute Gasteiger partial charge is 0.248 e. The van der Waals surface area contributed by atoms with E-state index in [9.17, 15) is 18.0 Å². The van der Waals surface area contributed by atoms with Crippen LogP contribution >= 0.6 is 0 Å². The molecule has 3 aromatic carbocycles. The lowest BCUT2D eigenvalue weighted by atomic mass is 10.1. The normalized spacial score (nSPS) is 10.6. The molecule has 0 saturated heterocycles. The van der Waals surface area contributed by atoms with E-state index in [1.165, 1.54) is 36.4 Å². The summed E-state index contributed by atoms with van der Waals surface area (Å²) < 4.78 is 25.0. The van der Waals surface area contributed by atoms with Crippen molar-refractivity contribution < 1.29 is 18.0 Å². The van der Waals surface area contributed by atoms with Crippen LogP contribution in [0.15, 0.2) is 70.5 Å². The zero-order chi connectivity index (χ0) is 23.3. The lowest BCUT2D eigenvalue weighted by Crippen LogP contribution is -2.13. The molecule has 0 atom stereocenters. The third-order valence-electron chi connectivity index (χ3n) is 4.56. The molecule has 31 heavy (non-hydrogen) atoms. The van der Waals surface area contributed by atoms with Crippen molar-refractivity contribution in [1.82, 2.24) is 0 Å². The Hall–Kier alpha value is -3.85. The summed E-state index contributed by atoms with van der Waals surface area (Å²) in [6.07, 6.45) is 0. The molecule has 0 radical (unpaired) electrons. The van der Waals surface area contributed by atoms with Crippen molar-refractivity contribution in [2.24, 2.45) is 11.5 Å². The van der Waals surface area contributed by atoms with Crippen LogP contribution in [-0.4, -0.2) is 20.2 Å². The third kappa shape index (κ3) is 5.61. The summed E-state index contributed by atoms with van der Waals surface area (Å²) in [5, 5.41) is 0. The molecule has 0 aliphatic rings. The molecule has 0 aliphatic carbocycles. The number of carbonyl (C=O) groups excluding carboxylic acids is 2. The van der Waals surface area contributed by atoms with Gasteiger partial charge in [0.2, 0.25) is 21.7 Å². The molecule has 0 aliphatic heterocycles. The van der Waals surface area contributed by atoms with Gasteiger partial charge >= 0.3 is 0 Å². The Morgan fingerprint density at radius 1 is 0.645 bits per heavy atom. The van der Waals surface area contributed by atoms with E-state index in [1.54, 1.807) is 38.1 Å². The number of nitrogens with two attached hydrogens (primary N) is 4.